The number of aromatic nitrogens is 7. The van der Waals surface area contributed by atoms with Crippen molar-refractivity contribution in [2.24, 2.45) is 5.92 Å². The fourth-order valence-electron chi connectivity index (χ4n) is 5.01. The summed E-state index contributed by atoms with van der Waals surface area (Å²) < 4.78 is 40.1. The number of rotatable bonds is 9. The van der Waals surface area contributed by atoms with Gasteiger partial charge >= 0.3 is 0 Å². The van der Waals surface area contributed by atoms with Crippen LogP contribution in [0, 0.1) is 11.7 Å². The molecule has 0 aliphatic heterocycles. The lowest BCUT2D eigenvalue weighted by atomic mass is 10.0. The Bertz CT molecular complexity index is 2110. The van der Waals surface area contributed by atoms with Crippen molar-refractivity contribution in [2.75, 3.05) is 11.6 Å². The van der Waals surface area contributed by atoms with Crippen LogP contribution in [0.5, 0.6) is 0 Å². The summed E-state index contributed by atoms with van der Waals surface area (Å²) in [7, 11) is -3.45. The van der Waals surface area contributed by atoms with Crippen LogP contribution < -0.4 is 10.0 Å². The minimum Gasteiger partial charge on any atom is -0.374 e. The molecule has 218 valence electrons. The van der Waals surface area contributed by atoms with Gasteiger partial charge in [-0.05, 0) is 60.4 Å². The molecule has 0 amide bonds. The number of aliphatic hydroxyl groups excluding tert-OH is 1. The highest BCUT2D eigenvalue weighted by molar-refractivity contribution is 7.88. The van der Waals surface area contributed by atoms with Gasteiger partial charge in [-0.2, -0.15) is 5.10 Å². The molecule has 12 nitrogen and oxygen atoms in total. The van der Waals surface area contributed by atoms with Gasteiger partial charge in [-0.1, -0.05) is 0 Å². The van der Waals surface area contributed by atoms with Gasteiger partial charge in [-0.25, -0.2) is 32.5 Å². The molecule has 5 aromatic heterocycles. The van der Waals surface area contributed by atoms with Crippen molar-refractivity contribution in [2.45, 2.75) is 25.6 Å². The number of benzene rings is 1. The minimum absolute atomic E-state index is 0.0445. The number of nitrogens with one attached hydrogen (secondary N) is 4. The van der Waals surface area contributed by atoms with Crippen LogP contribution in [-0.2, 0) is 16.6 Å². The molecule has 1 aliphatic carbocycles. The lowest BCUT2D eigenvalue weighted by Crippen LogP contribution is -2.21. The average molecular weight is 600 g/mol. The van der Waals surface area contributed by atoms with Crippen LogP contribution in [0.1, 0.15) is 18.4 Å². The smallest absolute Gasteiger partial charge is 0.209 e. The van der Waals surface area contributed by atoms with Gasteiger partial charge in [0.1, 0.15) is 17.7 Å². The van der Waals surface area contributed by atoms with Crippen molar-refractivity contribution in [1.82, 2.24) is 39.8 Å². The monoisotopic (exact) mass is 599 g/mol. The second-order valence-corrected chi connectivity index (χ2v) is 12.5. The molecular weight excluding hydrogens is 573 g/mol. The third-order valence-corrected chi connectivity index (χ3v) is 7.97. The van der Waals surface area contributed by atoms with Crippen molar-refractivity contribution in [3.05, 3.63) is 72.6 Å². The van der Waals surface area contributed by atoms with E-state index in [9.17, 15) is 17.9 Å². The quantitative estimate of drug-likeness (QED) is 0.154. The van der Waals surface area contributed by atoms with E-state index in [2.05, 4.69) is 45.2 Å². The van der Waals surface area contributed by atoms with Gasteiger partial charge in [0, 0.05) is 47.7 Å². The van der Waals surface area contributed by atoms with Gasteiger partial charge in [0.05, 0.1) is 29.0 Å². The van der Waals surface area contributed by atoms with E-state index < -0.39 is 22.1 Å². The molecule has 1 aromatic carbocycles. The lowest BCUT2D eigenvalue weighted by molar-refractivity contribution is 0.180. The van der Waals surface area contributed by atoms with E-state index >= 15 is 0 Å². The summed E-state index contributed by atoms with van der Waals surface area (Å²) in [5.74, 6) is 0.239. The van der Waals surface area contributed by atoms with Crippen molar-refractivity contribution < 1.29 is 17.9 Å². The normalized spacial score (nSPS) is 14.4. The number of anilines is 1. The Kier molecular flexibility index (Phi) is 6.60. The number of pyridine rings is 3. The lowest BCUT2D eigenvalue weighted by Gasteiger charge is -2.13. The Labute approximate surface area is 244 Å². The maximum Gasteiger partial charge on any atom is 0.209 e. The zero-order valence-corrected chi connectivity index (χ0v) is 23.7. The third-order valence-electron chi connectivity index (χ3n) is 7.30. The van der Waals surface area contributed by atoms with E-state index in [1.807, 2.05) is 12.1 Å². The van der Waals surface area contributed by atoms with E-state index in [1.165, 1.54) is 12.1 Å². The maximum atomic E-state index is 14.6. The topological polar surface area (TPSA) is 174 Å². The van der Waals surface area contributed by atoms with Crippen LogP contribution in [0.15, 0.2) is 61.2 Å². The summed E-state index contributed by atoms with van der Waals surface area (Å²) in [6.07, 6.45) is 9.17. The zero-order valence-electron chi connectivity index (χ0n) is 22.8. The first-order chi connectivity index (χ1) is 20.7. The number of nitrogens with zero attached hydrogens (tertiary/aromatic N) is 5. The minimum atomic E-state index is -3.45. The highest BCUT2D eigenvalue weighted by atomic mass is 32.2. The van der Waals surface area contributed by atoms with Gasteiger partial charge in [0.2, 0.25) is 10.0 Å². The fraction of sp³-hybridized carbons (Fsp3) is 0.207. The Balaban J connectivity index is 1.24. The maximum absolute atomic E-state index is 14.6. The number of H-pyrrole nitrogens is 2. The van der Waals surface area contributed by atoms with Gasteiger partial charge in [0.25, 0.3) is 0 Å². The summed E-state index contributed by atoms with van der Waals surface area (Å²) in [5, 5.41) is 21.5. The number of aliphatic hydroxyl groups is 1. The molecule has 43 heavy (non-hydrogen) atoms. The summed E-state index contributed by atoms with van der Waals surface area (Å²) >= 11 is 0. The van der Waals surface area contributed by atoms with Crippen molar-refractivity contribution >= 4 is 37.9 Å². The molecule has 5 heterocycles. The molecule has 0 saturated heterocycles. The standard InChI is InChI=1S/C29H26FN9O3S/c1-43(41,42)34-11-15-6-17(8-20(30)7-15)22-4-5-32-27-24(22)36-28(37-27)25-23-10-19(13-33-26(23)39-38-25)18-9-21(14-31-12-18)35-29(40)16-2-3-16/h4-10,12-14,16,29,34-35,40H,2-3,11H2,1H3,(H,32,36,37)(H,33,38,39). The molecule has 1 aliphatic rings. The first kappa shape index (κ1) is 27.1. The second kappa shape index (κ2) is 10.5. The molecule has 0 spiro atoms. The molecule has 1 fully saturated rings. The number of halogens is 1. The van der Waals surface area contributed by atoms with Gasteiger partial charge in [0.15, 0.2) is 17.1 Å². The Morgan fingerprint density at radius 1 is 1.05 bits per heavy atom. The zero-order chi connectivity index (χ0) is 29.7. The summed E-state index contributed by atoms with van der Waals surface area (Å²) in [4.78, 5) is 21.2. The van der Waals surface area contributed by atoms with Crippen LogP contribution in [0.4, 0.5) is 10.1 Å². The number of hydrogen-bond donors (Lipinski definition) is 5. The highest BCUT2D eigenvalue weighted by Gasteiger charge is 2.29. The molecule has 5 N–H and O–H groups in total. The molecule has 1 unspecified atom stereocenters. The number of hydrogen-bond acceptors (Lipinski definition) is 9. The second-order valence-electron chi connectivity index (χ2n) is 10.7. The first-order valence-electron chi connectivity index (χ1n) is 13.5. The number of fused-ring (bicyclic) bond motifs is 2. The Hall–Kier alpha value is -4.79. The van der Waals surface area contributed by atoms with Crippen LogP contribution in [-0.4, -0.2) is 61.1 Å². The number of aromatic amines is 2. The predicted molar refractivity (Wildman–Crippen MR) is 159 cm³/mol. The first-order valence-corrected chi connectivity index (χ1v) is 15.4. The molecule has 6 aromatic rings. The summed E-state index contributed by atoms with van der Waals surface area (Å²) in [6.45, 7) is -0.0445. The van der Waals surface area contributed by atoms with Crippen molar-refractivity contribution in [3.63, 3.8) is 0 Å². The van der Waals surface area contributed by atoms with E-state index in [0.29, 0.717) is 50.7 Å². The van der Waals surface area contributed by atoms with Crippen LogP contribution >= 0.6 is 0 Å². The van der Waals surface area contributed by atoms with Gasteiger partial charge in [-0.3, -0.25) is 10.1 Å². The SMILES string of the molecule is CS(=O)(=O)NCc1cc(F)cc(-c2ccnc3nc(-c4[nH]nc5ncc(-c6cncc(NC(O)C7CC7)c6)cc45)[nH]c23)c1. The van der Waals surface area contributed by atoms with Gasteiger partial charge in [-0.15, -0.1) is 0 Å². The van der Waals surface area contributed by atoms with E-state index in [0.717, 1.165) is 35.6 Å². The number of imidazole rings is 1. The molecule has 0 bridgehead atoms. The molecule has 0 radical (unpaired) electrons. The van der Waals surface area contributed by atoms with Crippen molar-refractivity contribution in [1.29, 1.82) is 0 Å². The van der Waals surface area contributed by atoms with Crippen LogP contribution in [0.3, 0.4) is 0 Å². The predicted octanol–water partition coefficient (Wildman–Crippen LogP) is 3.95. The number of sulfonamides is 1. The molecule has 1 atom stereocenters. The Morgan fingerprint density at radius 2 is 1.88 bits per heavy atom. The van der Waals surface area contributed by atoms with Crippen LogP contribution in [0.2, 0.25) is 0 Å². The fourth-order valence-corrected chi connectivity index (χ4v) is 5.44. The van der Waals surface area contributed by atoms with E-state index in [1.54, 1.807) is 36.9 Å². The molecular formula is C29H26FN9O3S. The highest BCUT2D eigenvalue weighted by Crippen LogP contribution is 2.35. The summed E-state index contributed by atoms with van der Waals surface area (Å²) in [6, 6.07) is 9.98. The molecule has 14 heteroatoms. The third kappa shape index (κ3) is 5.67. The molecule has 7 rings (SSSR count). The summed E-state index contributed by atoms with van der Waals surface area (Å²) in [5.41, 5.74) is 6.07. The van der Waals surface area contributed by atoms with E-state index in [-0.39, 0.29) is 12.5 Å². The van der Waals surface area contributed by atoms with Crippen LogP contribution in [0.25, 0.3) is 56.0 Å². The van der Waals surface area contributed by atoms with E-state index in [4.69, 9.17) is 0 Å². The average Bonchev–Trinajstić information content (AvgIpc) is 3.61. The molecule has 1 saturated carbocycles. The van der Waals surface area contributed by atoms with Crippen molar-refractivity contribution in [3.8, 4) is 33.8 Å². The largest absolute Gasteiger partial charge is 0.374 e. The Morgan fingerprint density at radius 3 is 2.70 bits per heavy atom. The van der Waals surface area contributed by atoms with Gasteiger partial charge < -0.3 is 15.4 Å².